The molecule has 1 aromatic heterocycles. The molecule has 0 saturated carbocycles. The zero-order chi connectivity index (χ0) is 10.4. The lowest BCUT2D eigenvalue weighted by molar-refractivity contribution is 1.32. The van der Waals surface area contributed by atoms with Crippen LogP contribution in [0.25, 0.3) is 5.57 Å². The van der Waals surface area contributed by atoms with Crippen molar-refractivity contribution in [3.8, 4) is 0 Å². The maximum absolute atomic E-state index is 3.98. The number of rotatable bonds is 3. The molecule has 0 unspecified atom stereocenters. The molecule has 1 rings (SSSR count). The van der Waals surface area contributed by atoms with Gasteiger partial charge in [-0.05, 0) is 37.1 Å². The molecule has 0 spiro atoms. The Kier molecular flexibility index (Phi) is 3.86. The van der Waals surface area contributed by atoms with Crippen LogP contribution in [-0.4, -0.2) is 4.98 Å². The lowest BCUT2D eigenvalue weighted by Gasteiger charge is -1.99. The maximum Gasteiger partial charge on any atom is 0.0273 e. The Balaban J connectivity index is 2.99. The van der Waals surface area contributed by atoms with E-state index < -0.39 is 0 Å². The van der Waals surface area contributed by atoms with Crippen molar-refractivity contribution < 1.29 is 0 Å². The van der Waals surface area contributed by atoms with Crippen LogP contribution in [0.15, 0.2) is 54.9 Å². The van der Waals surface area contributed by atoms with E-state index >= 15 is 0 Å². The molecule has 14 heavy (non-hydrogen) atoms. The van der Waals surface area contributed by atoms with Gasteiger partial charge in [-0.1, -0.05) is 30.4 Å². The van der Waals surface area contributed by atoms with E-state index in [1.165, 1.54) is 5.57 Å². The molecule has 1 aromatic rings. The highest BCUT2D eigenvalue weighted by Gasteiger charge is 1.93. The normalized spacial score (nSPS) is 10.9. The minimum Gasteiger partial charge on any atom is -0.265 e. The summed E-state index contributed by atoms with van der Waals surface area (Å²) in [6.45, 7) is 7.94. The number of aromatic nitrogens is 1. The van der Waals surface area contributed by atoms with Gasteiger partial charge in [0, 0.05) is 12.4 Å². The Morgan fingerprint density at radius 3 is 2.36 bits per heavy atom. The van der Waals surface area contributed by atoms with E-state index in [1.54, 1.807) is 12.4 Å². The molecule has 1 heterocycles. The molecule has 0 amide bonds. The standard InChI is InChI=1S/C13H15N/c1-4-12(6-5-11(2)3)13-7-9-14-10-8-13/h4-10H,1H2,2-3H3/b12-6+. The van der Waals surface area contributed by atoms with Gasteiger partial charge in [0.1, 0.15) is 0 Å². The lowest BCUT2D eigenvalue weighted by Crippen LogP contribution is -1.80. The van der Waals surface area contributed by atoms with Gasteiger partial charge in [-0.15, -0.1) is 0 Å². The van der Waals surface area contributed by atoms with Crippen molar-refractivity contribution in [3.63, 3.8) is 0 Å². The molecule has 0 aliphatic heterocycles. The van der Waals surface area contributed by atoms with Gasteiger partial charge in [0.15, 0.2) is 0 Å². The molecular formula is C13H15N. The molecule has 0 aromatic carbocycles. The molecular weight excluding hydrogens is 170 g/mol. The molecule has 72 valence electrons. The van der Waals surface area contributed by atoms with Gasteiger partial charge in [0.2, 0.25) is 0 Å². The largest absolute Gasteiger partial charge is 0.265 e. The Bertz CT molecular complexity index is 354. The topological polar surface area (TPSA) is 12.9 Å². The first-order valence-corrected chi connectivity index (χ1v) is 4.62. The number of allylic oxidation sites excluding steroid dienone is 5. The summed E-state index contributed by atoms with van der Waals surface area (Å²) in [4.78, 5) is 3.98. The van der Waals surface area contributed by atoms with Crippen molar-refractivity contribution in [1.82, 2.24) is 4.98 Å². The van der Waals surface area contributed by atoms with E-state index in [1.807, 2.05) is 18.2 Å². The second-order valence-corrected chi connectivity index (χ2v) is 3.31. The third-order valence-corrected chi connectivity index (χ3v) is 1.83. The SMILES string of the molecule is C=C/C(=C\C=C(C)C)c1ccncc1. The van der Waals surface area contributed by atoms with Crippen LogP contribution in [0, 0.1) is 0 Å². The first kappa shape index (κ1) is 10.5. The van der Waals surface area contributed by atoms with E-state index in [9.17, 15) is 0 Å². The van der Waals surface area contributed by atoms with Crippen LogP contribution in [0.1, 0.15) is 19.4 Å². The van der Waals surface area contributed by atoms with Crippen molar-refractivity contribution in [1.29, 1.82) is 0 Å². The minimum absolute atomic E-state index is 1.12. The monoisotopic (exact) mass is 185 g/mol. The predicted molar refractivity (Wildman–Crippen MR) is 61.8 cm³/mol. The Hall–Kier alpha value is -1.63. The second kappa shape index (κ2) is 5.18. The Labute approximate surface area is 85.5 Å². The molecule has 1 heteroatoms. The van der Waals surface area contributed by atoms with Crippen LogP contribution in [0.2, 0.25) is 0 Å². The quantitative estimate of drug-likeness (QED) is 0.655. The van der Waals surface area contributed by atoms with E-state index in [0.717, 1.165) is 11.1 Å². The minimum atomic E-state index is 1.12. The van der Waals surface area contributed by atoms with E-state index in [4.69, 9.17) is 0 Å². The van der Waals surface area contributed by atoms with Crippen molar-refractivity contribution in [2.24, 2.45) is 0 Å². The highest BCUT2D eigenvalue weighted by atomic mass is 14.6. The van der Waals surface area contributed by atoms with Crippen LogP contribution < -0.4 is 0 Å². The summed E-state index contributed by atoms with van der Waals surface area (Å²) in [6.07, 6.45) is 9.58. The lowest BCUT2D eigenvalue weighted by atomic mass is 10.1. The first-order chi connectivity index (χ1) is 6.74. The molecule has 1 nitrogen and oxygen atoms in total. The third kappa shape index (κ3) is 3.02. The summed E-state index contributed by atoms with van der Waals surface area (Å²) in [5, 5.41) is 0. The highest BCUT2D eigenvalue weighted by molar-refractivity contribution is 5.74. The van der Waals surface area contributed by atoms with Crippen LogP contribution in [-0.2, 0) is 0 Å². The van der Waals surface area contributed by atoms with Crippen LogP contribution in [0.5, 0.6) is 0 Å². The maximum atomic E-state index is 3.98. The fourth-order valence-electron chi connectivity index (χ4n) is 1.08. The van der Waals surface area contributed by atoms with Gasteiger partial charge in [-0.3, -0.25) is 4.98 Å². The molecule has 0 bridgehead atoms. The van der Waals surface area contributed by atoms with E-state index in [-0.39, 0.29) is 0 Å². The van der Waals surface area contributed by atoms with Crippen LogP contribution in [0.4, 0.5) is 0 Å². The number of hydrogen-bond donors (Lipinski definition) is 0. The van der Waals surface area contributed by atoms with Gasteiger partial charge in [0.25, 0.3) is 0 Å². The number of hydrogen-bond acceptors (Lipinski definition) is 1. The number of pyridine rings is 1. The summed E-state index contributed by atoms with van der Waals surface area (Å²) in [7, 11) is 0. The van der Waals surface area contributed by atoms with Crippen LogP contribution >= 0.6 is 0 Å². The van der Waals surface area contributed by atoms with Gasteiger partial charge >= 0.3 is 0 Å². The van der Waals surface area contributed by atoms with E-state index in [0.29, 0.717) is 0 Å². The fourth-order valence-corrected chi connectivity index (χ4v) is 1.08. The van der Waals surface area contributed by atoms with Gasteiger partial charge in [-0.25, -0.2) is 0 Å². The Morgan fingerprint density at radius 1 is 1.21 bits per heavy atom. The third-order valence-electron chi connectivity index (χ3n) is 1.83. The molecule has 0 radical (unpaired) electrons. The van der Waals surface area contributed by atoms with Gasteiger partial charge in [-0.2, -0.15) is 0 Å². The van der Waals surface area contributed by atoms with Crippen molar-refractivity contribution in [2.75, 3.05) is 0 Å². The summed E-state index contributed by atoms with van der Waals surface area (Å²) in [5.74, 6) is 0. The van der Waals surface area contributed by atoms with Crippen molar-refractivity contribution >= 4 is 5.57 Å². The summed E-state index contributed by atoms with van der Waals surface area (Å²) in [6, 6.07) is 3.96. The summed E-state index contributed by atoms with van der Waals surface area (Å²) in [5.41, 5.74) is 3.54. The molecule has 0 atom stereocenters. The van der Waals surface area contributed by atoms with Crippen molar-refractivity contribution in [2.45, 2.75) is 13.8 Å². The average molecular weight is 185 g/mol. The summed E-state index contributed by atoms with van der Waals surface area (Å²) >= 11 is 0. The smallest absolute Gasteiger partial charge is 0.0273 e. The molecule has 0 N–H and O–H groups in total. The molecule has 0 aliphatic carbocycles. The first-order valence-electron chi connectivity index (χ1n) is 4.62. The molecule has 0 saturated heterocycles. The Morgan fingerprint density at radius 2 is 1.86 bits per heavy atom. The zero-order valence-electron chi connectivity index (χ0n) is 8.70. The summed E-state index contributed by atoms with van der Waals surface area (Å²) < 4.78 is 0. The predicted octanol–water partition coefficient (Wildman–Crippen LogP) is 3.62. The van der Waals surface area contributed by atoms with Gasteiger partial charge in [0.05, 0.1) is 0 Å². The van der Waals surface area contributed by atoms with Gasteiger partial charge < -0.3 is 0 Å². The number of nitrogens with zero attached hydrogens (tertiary/aromatic N) is 1. The van der Waals surface area contributed by atoms with Crippen molar-refractivity contribution in [3.05, 3.63) is 60.5 Å². The molecule has 0 aliphatic rings. The van der Waals surface area contributed by atoms with E-state index in [2.05, 4.69) is 37.6 Å². The molecule has 0 fully saturated rings. The average Bonchev–Trinajstić information content (AvgIpc) is 2.20. The zero-order valence-corrected chi connectivity index (χ0v) is 8.70. The fraction of sp³-hybridized carbons (Fsp3) is 0.154. The second-order valence-electron chi connectivity index (χ2n) is 3.31. The van der Waals surface area contributed by atoms with Crippen LogP contribution in [0.3, 0.4) is 0 Å². The highest BCUT2D eigenvalue weighted by Crippen LogP contribution is 2.14.